The fraction of sp³-hybridized carbons (Fsp3) is 0.174. The van der Waals surface area contributed by atoms with E-state index in [1.165, 1.54) is 12.4 Å². The molecule has 0 saturated heterocycles. The topological polar surface area (TPSA) is 81.7 Å². The molecule has 0 aliphatic rings. The van der Waals surface area contributed by atoms with Crippen molar-refractivity contribution in [1.29, 1.82) is 0 Å². The summed E-state index contributed by atoms with van der Waals surface area (Å²) in [5.41, 5.74) is 3.73. The predicted octanol–water partition coefficient (Wildman–Crippen LogP) is 3.14. The van der Waals surface area contributed by atoms with Gasteiger partial charge >= 0.3 is 0 Å². The number of carbonyl (C=O) groups excluding carboxylic acids is 1. The van der Waals surface area contributed by atoms with Crippen molar-refractivity contribution >= 4 is 12.0 Å². The Morgan fingerprint density at radius 2 is 1.90 bits per heavy atom. The van der Waals surface area contributed by atoms with Crippen molar-refractivity contribution in [1.82, 2.24) is 34.7 Å². The van der Waals surface area contributed by atoms with E-state index in [9.17, 15) is 4.79 Å². The van der Waals surface area contributed by atoms with Crippen LogP contribution < -0.4 is 0 Å². The first kappa shape index (κ1) is 20.2. The maximum absolute atomic E-state index is 12.6. The minimum absolute atomic E-state index is 0.0873. The van der Waals surface area contributed by atoms with Crippen molar-refractivity contribution in [2.24, 2.45) is 0 Å². The quantitative estimate of drug-likeness (QED) is 0.435. The predicted molar refractivity (Wildman–Crippen MR) is 117 cm³/mol. The second-order valence-electron chi connectivity index (χ2n) is 7.22. The first-order chi connectivity index (χ1) is 15.1. The SMILES string of the molecule is C[C@H](c1ccc(-n2cncn2)cc1)N(C)C(=O)/C=C/c1cn(Cc2ccccc2)nn1. The first-order valence-corrected chi connectivity index (χ1v) is 9.94. The van der Waals surface area contributed by atoms with Crippen LogP contribution in [-0.2, 0) is 11.3 Å². The highest BCUT2D eigenvalue weighted by atomic mass is 16.2. The van der Waals surface area contributed by atoms with E-state index in [4.69, 9.17) is 0 Å². The summed E-state index contributed by atoms with van der Waals surface area (Å²) in [5, 5.41) is 12.4. The smallest absolute Gasteiger partial charge is 0.246 e. The van der Waals surface area contributed by atoms with Gasteiger partial charge in [0.2, 0.25) is 5.91 Å². The maximum Gasteiger partial charge on any atom is 0.246 e. The molecule has 8 nitrogen and oxygen atoms in total. The number of aromatic nitrogens is 6. The molecule has 0 radical (unpaired) electrons. The number of likely N-dealkylation sites (N-methyl/N-ethyl adjacent to an activating group) is 1. The normalized spacial score (nSPS) is 12.2. The van der Waals surface area contributed by atoms with Gasteiger partial charge in [-0.2, -0.15) is 5.10 Å². The highest BCUT2D eigenvalue weighted by molar-refractivity contribution is 5.91. The minimum atomic E-state index is -0.106. The minimum Gasteiger partial charge on any atom is -0.335 e. The molecule has 0 fully saturated rings. The fourth-order valence-corrected chi connectivity index (χ4v) is 3.17. The summed E-state index contributed by atoms with van der Waals surface area (Å²) in [7, 11) is 1.79. The van der Waals surface area contributed by atoms with Crippen molar-refractivity contribution in [3.63, 3.8) is 0 Å². The molecule has 1 atom stereocenters. The summed E-state index contributed by atoms with van der Waals surface area (Å²) in [5.74, 6) is -0.106. The zero-order valence-electron chi connectivity index (χ0n) is 17.4. The van der Waals surface area contributed by atoms with Crippen molar-refractivity contribution in [3.8, 4) is 5.69 Å². The first-order valence-electron chi connectivity index (χ1n) is 9.94. The lowest BCUT2D eigenvalue weighted by atomic mass is 10.1. The van der Waals surface area contributed by atoms with Crippen molar-refractivity contribution in [3.05, 3.63) is 96.3 Å². The van der Waals surface area contributed by atoms with E-state index in [1.807, 2.05) is 67.7 Å². The molecule has 2 aromatic carbocycles. The van der Waals surface area contributed by atoms with E-state index < -0.39 is 0 Å². The molecule has 0 N–H and O–H groups in total. The van der Waals surface area contributed by atoms with Gasteiger partial charge < -0.3 is 4.90 Å². The van der Waals surface area contributed by atoms with E-state index in [1.54, 1.807) is 33.7 Å². The summed E-state index contributed by atoms with van der Waals surface area (Å²) in [4.78, 5) is 18.3. The Morgan fingerprint density at radius 1 is 1.13 bits per heavy atom. The molecule has 0 aliphatic carbocycles. The van der Waals surface area contributed by atoms with E-state index in [2.05, 4.69) is 20.4 Å². The molecule has 0 unspecified atom stereocenters. The Labute approximate surface area is 180 Å². The van der Waals surface area contributed by atoms with Crippen LogP contribution in [0.4, 0.5) is 0 Å². The van der Waals surface area contributed by atoms with Gasteiger partial charge in [0, 0.05) is 13.1 Å². The van der Waals surface area contributed by atoms with Gasteiger partial charge in [-0.05, 0) is 36.3 Å². The molecule has 4 aromatic rings. The molecule has 156 valence electrons. The summed E-state index contributed by atoms with van der Waals surface area (Å²) in [6.45, 7) is 2.63. The van der Waals surface area contributed by atoms with Gasteiger partial charge in [-0.1, -0.05) is 47.7 Å². The van der Waals surface area contributed by atoms with Crippen LogP contribution in [0.15, 0.2) is 79.5 Å². The van der Waals surface area contributed by atoms with E-state index in [-0.39, 0.29) is 11.9 Å². The Kier molecular flexibility index (Phi) is 5.98. The second-order valence-corrected chi connectivity index (χ2v) is 7.22. The van der Waals surface area contributed by atoms with Crippen LogP contribution in [0.3, 0.4) is 0 Å². The van der Waals surface area contributed by atoms with Gasteiger partial charge in [0.1, 0.15) is 18.3 Å². The largest absolute Gasteiger partial charge is 0.335 e. The number of carbonyl (C=O) groups is 1. The van der Waals surface area contributed by atoms with Gasteiger partial charge in [0.25, 0.3) is 0 Å². The van der Waals surface area contributed by atoms with Crippen LogP contribution >= 0.6 is 0 Å². The zero-order valence-corrected chi connectivity index (χ0v) is 17.4. The van der Waals surface area contributed by atoms with Crippen LogP contribution in [0.25, 0.3) is 11.8 Å². The Balaban J connectivity index is 1.37. The monoisotopic (exact) mass is 413 g/mol. The molecule has 1 amide bonds. The lowest BCUT2D eigenvalue weighted by molar-refractivity contribution is -0.126. The maximum atomic E-state index is 12.6. The average Bonchev–Trinajstić information content (AvgIpc) is 3.50. The molecule has 0 aliphatic heterocycles. The van der Waals surface area contributed by atoms with E-state index >= 15 is 0 Å². The number of nitrogens with zero attached hydrogens (tertiary/aromatic N) is 7. The van der Waals surface area contributed by atoms with Crippen molar-refractivity contribution < 1.29 is 4.79 Å². The summed E-state index contributed by atoms with van der Waals surface area (Å²) in [6.07, 6.45) is 8.18. The van der Waals surface area contributed by atoms with Crippen molar-refractivity contribution in [2.75, 3.05) is 7.05 Å². The lowest BCUT2D eigenvalue weighted by Gasteiger charge is -2.24. The molecule has 2 heterocycles. The third-order valence-electron chi connectivity index (χ3n) is 5.13. The van der Waals surface area contributed by atoms with Gasteiger partial charge in [0.05, 0.1) is 24.5 Å². The number of benzene rings is 2. The average molecular weight is 413 g/mol. The number of amides is 1. The van der Waals surface area contributed by atoms with Crippen LogP contribution in [0.2, 0.25) is 0 Å². The Morgan fingerprint density at radius 3 is 2.61 bits per heavy atom. The summed E-state index contributed by atoms with van der Waals surface area (Å²) < 4.78 is 3.44. The number of hydrogen-bond acceptors (Lipinski definition) is 5. The Bertz CT molecular complexity index is 1150. The third kappa shape index (κ3) is 4.92. The van der Waals surface area contributed by atoms with Crippen LogP contribution in [0.1, 0.15) is 29.8 Å². The highest BCUT2D eigenvalue weighted by Gasteiger charge is 2.15. The molecule has 4 rings (SSSR count). The van der Waals surface area contributed by atoms with Gasteiger partial charge in [-0.15, -0.1) is 5.10 Å². The third-order valence-corrected chi connectivity index (χ3v) is 5.13. The molecule has 31 heavy (non-hydrogen) atoms. The summed E-state index contributed by atoms with van der Waals surface area (Å²) >= 11 is 0. The van der Waals surface area contributed by atoms with Crippen molar-refractivity contribution in [2.45, 2.75) is 19.5 Å². The Hall–Kier alpha value is -4.07. The van der Waals surface area contributed by atoms with Crippen LogP contribution in [-0.4, -0.2) is 47.6 Å². The lowest BCUT2D eigenvalue weighted by Crippen LogP contribution is -2.28. The second kappa shape index (κ2) is 9.17. The van der Waals surface area contributed by atoms with E-state index in [0.29, 0.717) is 12.2 Å². The number of hydrogen-bond donors (Lipinski definition) is 0. The standard InChI is InChI=1S/C23H23N7O/c1-18(20-8-11-22(12-9-20)30-17-24-16-25-30)28(2)23(31)13-10-21-15-29(27-26-21)14-19-6-4-3-5-7-19/h3-13,15-18H,14H2,1-2H3/b13-10+/t18-/m1/s1. The van der Waals surface area contributed by atoms with Gasteiger partial charge in [-0.25, -0.2) is 14.3 Å². The molecule has 0 spiro atoms. The fourth-order valence-electron chi connectivity index (χ4n) is 3.17. The van der Waals surface area contributed by atoms with Crippen LogP contribution in [0, 0.1) is 0 Å². The molecular formula is C23H23N7O. The van der Waals surface area contributed by atoms with E-state index in [0.717, 1.165) is 16.8 Å². The highest BCUT2D eigenvalue weighted by Crippen LogP contribution is 2.20. The molecule has 8 heteroatoms. The molecule has 2 aromatic heterocycles. The van der Waals surface area contributed by atoms with Gasteiger partial charge in [0.15, 0.2) is 0 Å². The zero-order chi connectivity index (χ0) is 21.6. The molecule has 0 bridgehead atoms. The summed E-state index contributed by atoms with van der Waals surface area (Å²) in [6, 6.07) is 17.8. The van der Waals surface area contributed by atoms with Gasteiger partial charge in [-0.3, -0.25) is 4.79 Å². The number of rotatable bonds is 7. The molecule has 0 saturated carbocycles. The van der Waals surface area contributed by atoms with Crippen LogP contribution in [0.5, 0.6) is 0 Å². The molecular weight excluding hydrogens is 390 g/mol.